The SMILES string of the molecule is Br.CCN(CC)CCC1CCC2(CC1)OOC1(O2)C2CC3CC(C2)CC1C3.CCOC(=O)c1ccc(C2(c3ccc(C(=O)OCC)cc3)OOC3(O2)C2CC4CC(C2)CC3C4)cc1. The van der Waals surface area contributed by atoms with Gasteiger partial charge in [-0.15, -0.1) is 17.0 Å². The second-order valence-electron chi connectivity index (χ2n) is 20.5. The maximum Gasteiger partial charge on any atom is 0.338 e. The first-order valence-electron chi connectivity index (χ1n) is 24.5. The normalized spacial score (nSPS) is 38.5. The quantitative estimate of drug-likeness (QED) is 0.159. The summed E-state index contributed by atoms with van der Waals surface area (Å²) in [7, 11) is 0. The summed E-state index contributed by atoms with van der Waals surface area (Å²) in [5.74, 6) is 2.22. The minimum Gasteiger partial charge on any atom is -0.462 e. The molecule has 0 atom stereocenters. The molecule has 2 heterocycles. The van der Waals surface area contributed by atoms with Gasteiger partial charge in [0.2, 0.25) is 17.4 Å². The van der Waals surface area contributed by atoms with Gasteiger partial charge < -0.3 is 23.8 Å². The van der Waals surface area contributed by atoms with Crippen LogP contribution in [-0.4, -0.2) is 67.0 Å². The Bertz CT molecular complexity index is 1790. The molecule has 3 spiro atoms. The van der Waals surface area contributed by atoms with E-state index in [4.69, 9.17) is 38.5 Å². The molecule has 2 saturated heterocycles. The highest BCUT2D eigenvalue weighted by Crippen LogP contribution is 2.66. The average molecular weight is 937 g/mol. The fourth-order valence-electron chi connectivity index (χ4n) is 14.1. The second kappa shape index (κ2) is 18.3. The van der Waals surface area contributed by atoms with Gasteiger partial charge in [0, 0.05) is 47.6 Å². The molecule has 346 valence electrons. The maximum absolute atomic E-state index is 12.2. The van der Waals surface area contributed by atoms with Crippen LogP contribution in [0.25, 0.3) is 0 Å². The lowest BCUT2D eigenvalue weighted by molar-refractivity contribution is -0.390. The zero-order valence-corrected chi connectivity index (χ0v) is 39.6. The average Bonchev–Trinajstić information content (AvgIpc) is 3.88. The van der Waals surface area contributed by atoms with Crippen LogP contribution in [0.2, 0.25) is 0 Å². The first kappa shape index (κ1) is 45.7. The number of carbonyl (C=O) groups excluding carboxylic acids is 2. The van der Waals surface area contributed by atoms with Gasteiger partial charge in [-0.1, -0.05) is 38.1 Å². The molecule has 0 amide bonds. The minimum atomic E-state index is -1.32. The van der Waals surface area contributed by atoms with Gasteiger partial charge in [-0.2, -0.15) is 19.6 Å². The van der Waals surface area contributed by atoms with E-state index in [-0.39, 0.29) is 46.5 Å². The molecule has 2 aliphatic heterocycles. The van der Waals surface area contributed by atoms with Crippen LogP contribution in [0.1, 0.15) is 156 Å². The number of rotatable bonds is 11. The number of nitrogens with zero attached hydrogens (tertiary/aromatic N) is 1. The highest BCUT2D eigenvalue weighted by atomic mass is 79.9. The molecule has 8 bridgehead atoms. The summed E-state index contributed by atoms with van der Waals surface area (Å²) >= 11 is 0. The summed E-state index contributed by atoms with van der Waals surface area (Å²) in [6.45, 7) is 12.3. The highest BCUT2D eigenvalue weighted by Gasteiger charge is 2.68. The lowest BCUT2D eigenvalue weighted by atomic mass is 9.53. The van der Waals surface area contributed by atoms with E-state index in [1.165, 1.54) is 77.4 Å². The van der Waals surface area contributed by atoms with Crippen molar-refractivity contribution in [2.75, 3.05) is 32.8 Å². The number of hydrogen-bond donors (Lipinski definition) is 0. The van der Waals surface area contributed by atoms with Crippen LogP contribution in [-0.2, 0) is 44.3 Å². The fourth-order valence-corrected chi connectivity index (χ4v) is 14.1. The van der Waals surface area contributed by atoms with Crippen molar-refractivity contribution in [2.24, 2.45) is 53.3 Å². The van der Waals surface area contributed by atoms with Gasteiger partial charge in [0.25, 0.3) is 5.79 Å². The van der Waals surface area contributed by atoms with Crippen molar-refractivity contribution in [2.45, 2.75) is 147 Å². The standard InChI is InChI=1S/C29H32O7.C22H37NO3.BrH/c1-3-32-26(30)20-5-9-22(10-6-20)28(23-11-7-21(8-12-23)27(31)33-4-2)34-29(36-35-28)24-14-18-13-19(16-24)17-25(29)15-18;1-3-23(4-2)10-7-16-5-8-21(9-6-16)24-22(26-25-21)19-12-17-11-18(14-19)15-20(22)13-17;/h5-12,18-19,24-25H,3-4,13-17H2,1-2H3;16-20H,3-15H2,1-2H3;1H. The van der Waals surface area contributed by atoms with Gasteiger partial charge in [0.1, 0.15) is 0 Å². The van der Waals surface area contributed by atoms with Crippen LogP contribution >= 0.6 is 17.0 Å². The molecule has 9 saturated carbocycles. The molecule has 11 aliphatic rings. The first-order valence-corrected chi connectivity index (χ1v) is 24.5. The molecule has 0 N–H and O–H groups in total. The molecule has 11 fully saturated rings. The molecular formula is C51H70BrNO10. The van der Waals surface area contributed by atoms with E-state index in [9.17, 15) is 9.59 Å². The third kappa shape index (κ3) is 8.27. The van der Waals surface area contributed by atoms with Gasteiger partial charge in [-0.05, 0) is 171 Å². The highest BCUT2D eigenvalue weighted by molar-refractivity contribution is 8.93. The third-order valence-corrected chi connectivity index (χ3v) is 17.0. The lowest BCUT2D eigenvalue weighted by Crippen LogP contribution is -2.59. The Morgan fingerprint density at radius 1 is 0.571 bits per heavy atom. The van der Waals surface area contributed by atoms with Gasteiger partial charge >= 0.3 is 11.9 Å². The number of carbonyl (C=O) groups is 2. The van der Waals surface area contributed by atoms with Crippen LogP contribution in [0.4, 0.5) is 0 Å². The van der Waals surface area contributed by atoms with Crippen molar-refractivity contribution in [3.05, 3.63) is 70.8 Å². The summed E-state index contributed by atoms with van der Waals surface area (Å²) in [5, 5.41) is 0. The largest absolute Gasteiger partial charge is 0.462 e. The maximum atomic E-state index is 12.2. The molecule has 13 rings (SSSR count). The molecule has 12 heteroatoms. The molecule has 11 nitrogen and oxygen atoms in total. The lowest BCUT2D eigenvalue weighted by Gasteiger charge is -2.57. The van der Waals surface area contributed by atoms with Gasteiger partial charge in [0.05, 0.1) is 24.3 Å². The van der Waals surface area contributed by atoms with Crippen LogP contribution in [0.15, 0.2) is 48.5 Å². The van der Waals surface area contributed by atoms with Crippen molar-refractivity contribution in [3.8, 4) is 0 Å². The van der Waals surface area contributed by atoms with E-state index >= 15 is 0 Å². The van der Waals surface area contributed by atoms with Crippen LogP contribution in [0.5, 0.6) is 0 Å². The van der Waals surface area contributed by atoms with Crippen molar-refractivity contribution in [1.29, 1.82) is 0 Å². The summed E-state index contributed by atoms with van der Waals surface area (Å²) in [4.78, 5) is 51.7. The Morgan fingerprint density at radius 2 is 0.984 bits per heavy atom. The van der Waals surface area contributed by atoms with E-state index in [1.54, 1.807) is 38.1 Å². The third-order valence-electron chi connectivity index (χ3n) is 17.0. The molecule has 0 aromatic heterocycles. The molecular weight excluding hydrogens is 866 g/mol. The van der Waals surface area contributed by atoms with Crippen molar-refractivity contribution in [1.82, 2.24) is 4.90 Å². The number of ether oxygens (including phenoxy) is 4. The van der Waals surface area contributed by atoms with E-state index < -0.39 is 17.4 Å². The number of benzene rings is 2. The summed E-state index contributed by atoms with van der Waals surface area (Å²) in [6.07, 6.45) is 18.2. The minimum absolute atomic E-state index is 0. The molecule has 2 aromatic carbocycles. The second-order valence-corrected chi connectivity index (χ2v) is 20.5. The molecule has 63 heavy (non-hydrogen) atoms. The first-order chi connectivity index (χ1) is 30.1. The molecule has 0 unspecified atom stereocenters. The van der Waals surface area contributed by atoms with Crippen LogP contribution in [0, 0.1) is 53.3 Å². The molecule has 0 radical (unpaired) electrons. The fraction of sp³-hybridized carbons (Fsp3) is 0.725. The Balaban J connectivity index is 0.000000165. The monoisotopic (exact) mass is 935 g/mol. The molecule has 9 aliphatic carbocycles. The van der Waals surface area contributed by atoms with Gasteiger partial charge in [0.15, 0.2) is 0 Å². The van der Waals surface area contributed by atoms with Crippen molar-refractivity contribution >= 4 is 28.9 Å². The number of esters is 2. The summed E-state index contributed by atoms with van der Waals surface area (Å²) in [5.41, 5.74) is 2.34. The van der Waals surface area contributed by atoms with E-state index in [0.717, 1.165) is 68.1 Å². The predicted octanol–water partition coefficient (Wildman–Crippen LogP) is 10.7. The van der Waals surface area contributed by atoms with E-state index in [0.29, 0.717) is 47.3 Å². The topological polar surface area (TPSA) is 111 Å². The van der Waals surface area contributed by atoms with E-state index in [1.807, 2.05) is 24.3 Å². The Labute approximate surface area is 384 Å². The zero-order chi connectivity index (χ0) is 42.7. The molecule has 2 aromatic rings. The summed E-state index contributed by atoms with van der Waals surface area (Å²) < 4.78 is 24.1. The zero-order valence-electron chi connectivity index (χ0n) is 37.9. The number of hydrogen-bond acceptors (Lipinski definition) is 11. The summed E-state index contributed by atoms with van der Waals surface area (Å²) in [6, 6.07) is 14.2. The van der Waals surface area contributed by atoms with Crippen molar-refractivity contribution < 1.29 is 48.1 Å². The van der Waals surface area contributed by atoms with Crippen LogP contribution in [0.3, 0.4) is 0 Å². The number of halogens is 1. The van der Waals surface area contributed by atoms with Gasteiger partial charge in [-0.25, -0.2) is 9.59 Å². The van der Waals surface area contributed by atoms with Crippen LogP contribution < -0.4 is 0 Å². The Hall–Kier alpha value is -2.42. The predicted molar refractivity (Wildman–Crippen MR) is 239 cm³/mol. The van der Waals surface area contributed by atoms with Gasteiger partial charge in [-0.3, -0.25) is 0 Å². The Morgan fingerprint density at radius 3 is 1.40 bits per heavy atom. The van der Waals surface area contributed by atoms with E-state index in [2.05, 4.69) is 18.7 Å². The van der Waals surface area contributed by atoms with Crippen molar-refractivity contribution in [3.63, 3.8) is 0 Å². The Kier molecular flexibility index (Phi) is 13.3. The smallest absolute Gasteiger partial charge is 0.338 e.